The van der Waals surface area contributed by atoms with Crippen LogP contribution in [0.15, 0.2) is 64.7 Å². The normalized spacial score (nSPS) is 11.6. The van der Waals surface area contributed by atoms with E-state index in [9.17, 15) is 15.2 Å². The van der Waals surface area contributed by atoms with Gasteiger partial charge in [-0.25, -0.2) is 0 Å². The van der Waals surface area contributed by atoms with E-state index in [0.717, 1.165) is 5.56 Å². The highest BCUT2D eigenvalue weighted by Gasteiger charge is 2.21. The average Bonchev–Trinajstić information content (AvgIpc) is 3.05. The van der Waals surface area contributed by atoms with Gasteiger partial charge in [-0.2, -0.15) is 5.26 Å². The van der Waals surface area contributed by atoms with Crippen LogP contribution in [0.3, 0.4) is 0 Å². The monoisotopic (exact) mass is 319 g/mol. The van der Waals surface area contributed by atoms with Crippen molar-refractivity contribution in [3.05, 3.63) is 71.4 Å². The number of aliphatic hydroxyl groups excluding tert-OH is 1. The molecule has 3 rings (SSSR count). The van der Waals surface area contributed by atoms with E-state index >= 15 is 0 Å². The molecule has 0 fully saturated rings. The summed E-state index contributed by atoms with van der Waals surface area (Å²) in [6, 6.07) is 17.9. The van der Waals surface area contributed by atoms with Gasteiger partial charge in [-0.05, 0) is 17.7 Å². The number of hydrogen-bond donors (Lipinski definition) is 2. The number of nitriles is 1. The third-order valence-electron chi connectivity index (χ3n) is 3.47. The Labute approximate surface area is 137 Å². The molecule has 0 unspecified atom stereocenters. The number of rotatable bonds is 4. The predicted molar refractivity (Wildman–Crippen MR) is 87.5 cm³/mol. The van der Waals surface area contributed by atoms with Crippen LogP contribution in [0.25, 0.3) is 16.7 Å². The molecule has 118 valence electrons. The first-order chi connectivity index (χ1) is 11.7. The molecule has 0 radical (unpaired) electrons. The summed E-state index contributed by atoms with van der Waals surface area (Å²) in [4.78, 5) is 12.2. The zero-order valence-corrected chi connectivity index (χ0v) is 12.6. The number of carbonyl (C=O) groups is 1. The number of para-hydroxylation sites is 1. The van der Waals surface area contributed by atoms with Crippen LogP contribution in [0.4, 0.5) is 0 Å². The summed E-state index contributed by atoms with van der Waals surface area (Å²) in [6.07, 6.45) is 0. The molecule has 3 aromatic rings. The van der Waals surface area contributed by atoms with Crippen LogP contribution in [0.1, 0.15) is 11.3 Å². The van der Waals surface area contributed by atoms with Crippen LogP contribution in [0, 0.1) is 11.3 Å². The fourth-order valence-electron chi connectivity index (χ4n) is 2.25. The van der Waals surface area contributed by atoms with E-state index in [4.69, 9.17) is 4.52 Å². The number of benzene rings is 2. The number of carbonyl (C=O) groups excluding carboxylic acids is 1. The first kappa shape index (κ1) is 15.3. The fourth-order valence-corrected chi connectivity index (χ4v) is 2.25. The van der Waals surface area contributed by atoms with E-state index < -0.39 is 17.2 Å². The van der Waals surface area contributed by atoms with Crippen molar-refractivity contribution in [1.29, 1.82) is 5.26 Å². The summed E-state index contributed by atoms with van der Waals surface area (Å²) < 4.78 is 5.09. The standard InChI is InChI=1S/C18H13N3O3/c19-10-14(18(23)20-11-12-6-2-1-3-7-12)17(22)16-13-8-4-5-9-15(13)24-21-16/h1-9,22H,11H2,(H,20,23)/b17-14-. The Balaban J connectivity index is 1.87. The lowest BCUT2D eigenvalue weighted by Gasteiger charge is -2.05. The molecule has 0 aliphatic carbocycles. The maximum atomic E-state index is 12.2. The summed E-state index contributed by atoms with van der Waals surface area (Å²) in [5.41, 5.74) is 0.998. The van der Waals surface area contributed by atoms with Crippen LogP contribution < -0.4 is 5.32 Å². The van der Waals surface area contributed by atoms with Crippen molar-refractivity contribution >= 4 is 22.6 Å². The van der Waals surface area contributed by atoms with E-state index in [2.05, 4.69) is 10.5 Å². The average molecular weight is 319 g/mol. The Hall–Kier alpha value is -3.59. The van der Waals surface area contributed by atoms with Crippen molar-refractivity contribution in [1.82, 2.24) is 10.5 Å². The molecular formula is C18H13N3O3. The van der Waals surface area contributed by atoms with Crippen molar-refractivity contribution < 1.29 is 14.4 Å². The van der Waals surface area contributed by atoms with Gasteiger partial charge >= 0.3 is 0 Å². The Morgan fingerprint density at radius 2 is 1.88 bits per heavy atom. The maximum Gasteiger partial charge on any atom is 0.266 e. The van der Waals surface area contributed by atoms with Crippen LogP contribution in [0.2, 0.25) is 0 Å². The fraction of sp³-hybridized carbons (Fsp3) is 0.0556. The van der Waals surface area contributed by atoms with E-state index in [1.165, 1.54) is 0 Å². The molecular weight excluding hydrogens is 306 g/mol. The third-order valence-corrected chi connectivity index (χ3v) is 3.47. The van der Waals surface area contributed by atoms with Gasteiger partial charge in [0.05, 0.1) is 5.39 Å². The quantitative estimate of drug-likeness (QED) is 0.437. The molecule has 0 bridgehead atoms. The van der Waals surface area contributed by atoms with Gasteiger partial charge in [0.15, 0.2) is 22.6 Å². The minimum atomic E-state index is -0.675. The number of fused-ring (bicyclic) bond motifs is 1. The molecule has 0 atom stereocenters. The van der Waals surface area contributed by atoms with Gasteiger partial charge in [-0.3, -0.25) is 4.79 Å². The van der Waals surface area contributed by atoms with Gasteiger partial charge in [0.1, 0.15) is 6.07 Å². The molecule has 0 aliphatic rings. The van der Waals surface area contributed by atoms with Crippen LogP contribution >= 0.6 is 0 Å². The van der Waals surface area contributed by atoms with Crippen molar-refractivity contribution in [3.63, 3.8) is 0 Å². The number of aliphatic hydroxyl groups is 1. The number of nitrogens with zero attached hydrogens (tertiary/aromatic N) is 2. The Morgan fingerprint density at radius 1 is 1.17 bits per heavy atom. The first-order valence-corrected chi connectivity index (χ1v) is 7.21. The maximum absolute atomic E-state index is 12.2. The molecule has 0 spiro atoms. The highest BCUT2D eigenvalue weighted by molar-refractivity contribution is 6.05. The van der Waals surface area contributed by atoms with Crippen LogP contribution in [-0.4, -0.2) is 16.2 Å². The zero-order valence-electron chi connectivity index (χ0n) is 12.6. The summed E-state index contributed by atoms with van der Waals surface area (Å²) in [6.45, 7) is 0.248. The molecule has 0 saturated heterocycles. The van der Waals surface area contributed by atoms with Gasteiger partial charge < -0.3 is 14.9 Å². The molecule has 1 heterocycles. The number of amides is 1. The molecule has 6 nitrogen and oxygen atoms in total. The summed E-state index contributed by atoms with van der Waals surface area (Å²) in [7, 11) is 0. The minimum absolute atomic E-state index is 0.0667. The molecule has 2 aromatic carbocycles. The van der Waals surface area contributed by atoms with E-state index in [1.807, 2.05) is 30.3 Å². The number of hydrogen-bond acceptors (Lipinski definition) is 5. The van der Waals surface area contributed by atoms with Crippen LogP contribution in [-0.2, 0) is 11.3 Å². The number of aromatic nitrogens is 1. The third kappa shape index (κ3) is 2.96. The smallest absolute Gasteiger partial charge is 0.266 e. The lowest BCUT2D eigenvalue weighted by atomic mass is 10.1. The second-order valence-corrected chi connectivity index (χ2v) is 5.03. The minimum Gasteiger partial charge on any atom is -0.504 e. The highest BCUT2D eigenvalue weighted by atomic mass is 16.5. The summed E-state index contributed by atoms with van der Waals surface area (Å²) >= 11 is 0. The first-order valence-electron chi connectivity index (χ1n) is 7.21. The van der Waals surface area contributed by atoms with Crippen molar-refractivity contribution in [3.8, 4) is 6.07 Å². The van der Waals surface area contributed by atoms with Crippen LogP contribution in [0.5, 0.6) is 0 Å². The van der Waals surface area contributed by atoms with Gasteiger partial charge in [0, 0.05) is 6.54 Å². The van der Waals surface area contributed by atoms with Gasteiger partial charge in [0.25, 0.3) is 5.91 Å². The Kier molecular flexibility index (Phi) is 4.25. The second-order valence-electron chi connectivity index (χ2n) is 5.03. The molecule has 1 amide bonds. The molecule has 24 heavy (non-hydrogen) atoms. The summed E-state index contributed by atoms with van der Waals surface area (Å²) in [5.74, 6) is -1.18. The lowest BCUT2D eigenvalue weighted by molar-refractivity contribution is -0.117. The molecule has 0 aliphatic heterocycles. The topological polar surface area (TPSA) is 99.2 Å². The summed E-state index contributed by atoms with van der Waals surface area (Å²) in [5, 5.41) is 26.4. The lowest BCUT2D eigenvalue weighted by Crippen LogP contribution is -2.24. The SMILES string of the molecule is N#C/C(C(=O)NCc1ccccc1)=C(/O)c1noc2ccccc12. The second kappa shape index (κ2) is 6.67. The van der Waals surface area contributed by atoms with E-state index in [0.29, 0.717) is 11.0 Å². The Morgan fingerprint density at radius 3 is 2.62 bits per heavy atom. The predicted octanol–water partition coefficient (Wildman–Crippen LogP) is 2.94. The molecule has 0 saturated carbocycles. The van der Waals surface area contributed by atoms with Gasteiger partial charge in [-0.15, -0.1) is 0 Å². The zero-order chi connectivity index (χ0) is 16.9. The molecule has 2 N–H and O–H groups in total. The van der Waals surface area contributed by atoms with E-state index in [1.54, 1.807) is 30.3 Å². The number of nitrogens with one attached hydrogen (secondary N) is 1. The van der Waals surface area contributed by atoms with Crippen molar-refractivity contribution in [2.75, 3.05) is 0 Å². The van der Waals surface area contributed by atoms with Crippen molar-refractivity contribution in [2.45, 2.75) is 6.54 Å². The largest absolute Gasteiger partial charge is 0.504 e. The van der Waals surface area contributed by atoms with Crippen molar-refractivity contribution in [2.24, 2.45) is 0 Å². The van der Waals surface area contributed by atoms with Gasteiger partial charge in [0.2, 0.25) is 0 Å². The Bertz CT molecular complexity index is 952. The molecule has 6 heteroatoms. The highest BCUT2D eigenvalue weighted by Crippen LogP contribution is 2.24. The molecule has 1 aromatic heterocycles. The van der Waals surface area contributed by atoms with Gasteiger partial charge in [-0.1, -0.05) is 47.6 Å². The van der Waals surface area contributed by atoms with E-state index in [-0.39, 0.29) is 12.2 Å².